The van der Waals surface area contributed by atoms with Crippen LogP contribution < -0.4 is 10.6 Å². The summed E-state index contributed by atoms with van der Waals surface area (Å²) in [5, 5.41) is 27.0. The van der Waals surface area contributed by atoms with E-state index in [9.17, 15) is 37.0 Å². The third kappa shape index (κ3) is 8.19. The average Bonchev–Trinajstić information content (AvgIpc) is 2.94. The minimum absolute atomic E-state index is 0.0119. The van der Waals surface area contributed by atoms with Crippen molar-refractivity contribution in [1.29, 1.82) is 0 Å². The van der Waals surface area contributed by atoms with Gasteiger partial charge in [0.25, 0.3) is 0 Å². The van der Waals surface area contributed by atoms with E-state index in [1.807, 2.05) is 0 Å². The first kappa shape index (κ1) is 33.3. The summed E-state index contributed by atoms with van der Waals surface area (Å²) < 4.78 is 49.2. The van der Waals surface area contributed by atoms with Crippen molar-refractivity contribution in [1.82, 2.24) is 8.61 Å². The number of anilines is 2. The molecule has 0 aliphatic heterocycles. The van der Waals surface area contributed by atoms with Crippen LogP contribution in [0.5, 0.6) is 0 Å². The SMILES string of the molecule is C=CCCN(C[C@@H](O)CNc1ccc(NC[C@@H](O)CN(CC=C)S(C)(=O)=O)c2c1C(=O)c1ccccc1C2=O)S(=O)[O-]. The molecule has 0 spiro atoms. The number of benzene rings is 2. The van der Waals surface area contributed by atoms with E-state index in [-0.39, 0.29) is 72.9 Å². The highest BCUT2D eigenvalue weighted by Gasteiger charge is 2.34. The summed E-state index contributed by atoms with van der Waals surface area (Å²) >= 11 is -2.55. The molecule has 0 heterocycles. The Bertz CT molecular complexity index is 1460. The lowest BCUT2D eigenvalue weighted by Crippen LogP contribution is -2.39. The van der Waals surface area contributed by atoms with Crippen molar-refractivity contribution in [2.24, 2.45) is 0 Å². The largest absolute Gasteiger partial charge is 0.760 e. The second kappa shape index (κ2) is 14.8. The Labute approximate surface area is 248 Å². The third-order valence-corrected chi connectivity index (χ3v) is 8.55. The summed E-state index contributed by atoms with van der Waals surface area (Å²) in [6.07, 6.45) is 2.11. The number of nitrogens with zero attached hydrogens (tertiary/aromatic N) is 2. The molecule has 0 aromatic heterocycles. The van der Waals surface area contributed by atoms with Gasteiger partial charge in [0.05, 0.1) is 29.6 Å². The van der Waals surface area contributed by atoms with Crippen LogP contribution in [0.4, 0.5) is 11.4 Å². The molecule has 0 amide bonds. The standard InChI is InChI=1S/C28H36N4O8S2/c1-4-6-14-31(41(37)38)17-19(33)15-29-23-11-12-24(30-16-20(34)18-32(13-5-2)42(3,39)40)26-25(23)27(35)21-9-7-8-10-22(21)28(26)36/h4-5,7-12,19-20,29-30,33-34H,1-2,6,13-18H2,3H3,(H,37,38)/p-1/t19-,20+/m0/s1. The molecule has 42 heavy (non-hydrogen) atoms. The lowest BCUT2D eigenvalue weighted by Gasteiger charge is -2.27. The molecule has 1 aliphatic rings. The smallest absolute Gasteiger partial charge is 0.211 e. The Morgan fingerprint density at radius 2 is 1.43 bits per heavy atom. The fourth-order valence-electron chi connectivity index (χ4n) is 4.52. The van der Waals surface area contributed by atoms with Gasteiger partial charge < -0.3 is 25.4 Å². The van der Waals surface area contributed by atoms with Gasteiger partial charge in [-0.25, -0.2) is 12.7 Å². The number of hydrogen-bond donors (Lipinski definition) is 4. The molecule has 0 saturated heterocycles. The molecule has 3 rings (SSSR count). The van der Waals surface area contributed by atoms with Crippen LogP contribution in [0.1, 0.15) is 38.3 Å². The zero-order chi connectivity index (χ0) is 31.0. The molecule has 12 nitrogen and oxygen atoms in total. The monoisotopic (exact) mass is 619 g/mol. The maximum atomic E-state index is 13.6. The highest BCUT2D eigenvalue weighted by molar-refractivity contribution is 7.88. The molecular formula is C28H35N4O8S2-. The number of carbonyl (C=O) groups excluding carboxylic acids is 2. The van der Waals surface area contributed by atoms with Gasteiger partial charge in [-0.3, -0.25) is 13.8 Å². The molecule has 1 unspecified atom stereocenters. The van der Waals surface area contributed by atoms with E-state index in [1.165, 1.54) is 6.08 Å². The molecule has 4 N–H and O–H groups in total. The molecule has 0 radical (unpaired) electrons. The number of ketones is 2. The predicted octanol–water partition coefficient (Wildman–Crippen LogP) is 1.13. The summed E-state index contributed by atoms with van der Waals surface area (Å²) in [5.41, 5.74) is 1.06. The van der Waals surface area contributed by atoms with Crippen molar-refractivity contribution in [2.75, 3.05) is 56.2 Å². The third-order valence-electron chi connectivity index (χ3n) is 6.56. The molecular weight excluding hydrogens is 584 g/mol. The molecule has 2 aromatic rings. The topological polar surface area (TPSA) is 179 Å². The summed E-state index contributed by atoms with van der Waals surface area (Å²) in [6, 6.07) is 9.45. The van der Waals surface area contributed by atoms with Crippen LogP contribution in [0, 0.1) is 0 Å². The van der Waals surface area contributed by atoms with Gasteiger partial charge in [-0.05, 0) is 18.6 Å². The van der Waals surface area contributed by atoms with Gasteiger partial charge in [-0.2, -0.15) is 4.31 Å². The Balaban J connectivity index is 1.87. The van der Waals surface area contributed by atoms with E-state index in [0.717, 1.165) is 14.9 Å². The van der Waals surface area contributed by atoms with Gasteiger partial charge in [-0.15, -0.1) is 13.2 Å². The van der Waals surface area contributed by atoms with Crippen LogP contribution in [0.15, 0.2) is 61.7 Å². The van der Waals surface area contributed by atoms with Crippen LogP contribution in [-0.4, -0.2) is 105 Å². The number of nitrogens with one attached hydrogen (secondary N) is 2. The molecule has 1 aliphatic carbocycles. The number of fused-ring (bicyclic) bond motifs is 2. The van der Waals surface area contributed by atoms with Gasteiger partial charge in [0.15, 0.2) is 11.6 Å². The zero-order valence-corrected chi connectivity index (χ0v) is 24.8. The van der Waals surface area contributed by atoms with E-state index in [0.29, 0.717) is 6.42 Å². The van der Waals surface area contributed by atoms with Crippen molar-refractivity contribution in [3.05, 3.63) is 84.0 Å². The van der Waals surface area contributed by atoms with E-state index in [4.69, 9.17) is 0 Å². The lowest BCUT2D eigenvalue weighted by atomic mass is 9.82. The Morgan fingerprint density at radius 1 is 0.929 bits per heavy atom. The zero-order valence-electron chi connectivity index (χ0n) is 23.2. The normalized spacial score (nSPS) is 15.1. The van der Waals surface area contributed by atoms with Gasteiger partial charge in [0.1, 0.15) is 0 Å². The first-order valence-corrected chi connectivity index (χ1v) is 16.0. The van der Waals surface area contributed by atoms with Gasteiger partial charge >= 0.3 is 0 Å². The summed E-state index contributed by atoms with van der Waals surface area (Å²) in [7, 11) is -3.60. The molecule has 0 saturated carbocycles. The summed E-state index contributed by atoms with van der Waals surface area (Å²) in [6.45, 7) is 6.61. The maximum absolute atomic E-state index is 13.6. The van der Waals surface area contributed by atoms with Crippen LogP contribution >= 0.6 is 0 Å². The Morgan fingerprint density at radius 3 is 1.86 bits per heavy atom. The van der Waals surface area contributed by atoms with Crippen molar-refractivity contribution >= 4 is 44.2 Å². The number of aliphatic hydroxyl groups excluding tert-OH is 2. The summed E-state index contributed by atoms with van der Waals surface area (Å²) in [4.78, 5) is 27.2. The number of hydrogen-bond acceptors (Lipinski definition) is 10. The second-order valence-corrected chi connectivity index (χ2v) is 12.7. The number of rotatable bonds is 17. The number of carbonyl (C=O) groups is 2. The molecule has 2 aromatic carbocycles. The predicted molar refractivity (Wildman–Crippen MR) is 161 cm³/mol. The Kier molecular flexibility index (Phi) is 11.7. The molecule has 0 fully saturated rings. The Hall–Kier alpha value is -3.24. The fourth-order valence-corrected chi connectivity index (χ4v) is 5.89. The van der Waals surface area contributed by atoms with Crippen molar-refractivity contribution < 1.29 is 37.0 Å². The van der Waals surface area contributed by atoms with E-state index < -0.39 is 45.1 Å². The average molecular weight is 620 g/mol. The maximum Gasteiger partial charge on any atom is 0.211 e. The van der Waals surface area contributed by atoms with E-state index in [1.54, 1.807) is 42.5 Å². The fraction of sp³-hybridized carbons (Fsp3) is 0.357. The highest BCUT2D eigenvalue weighted by Crippen LogP contribution is 2.36. The van der Waals surface area contributed by atoms with E-state index >= 15 is 0 Å². The van der Waals surface area contributed by atoms with Crippen LogP contribution in [-0.2, 0) is 21.3 Å². The molecule has 0 bridgehead atoms. The van der Waals surface area contributed by atoms with E-state index in [2.05, 4.69) is 23.8 Å². The first-order chi connectivity index (χ1) is 19.9. The number of sulfonamides is 1. The van der Waals surface area contributed by atoms with Gasteiger partial charge in [0, 0.05) is 73.0 Å². The van der Waals surface area contributed by atoms with Crippen LogP contribution in [0.3, 0.4) is 0 Å². The van der Waals surface area contributed by atoms with Crippen molar-refractivity contribution in [2.45, 2.75) is 18.6 Å². The number of aliphatic hydroxyl groups is 2. The van der Waals surface area contributed by atoms with Gasteiger partial charge in [-0.1, -0.05) is 36.4 Å². The quantitative estimate of drug-likeness (QED) is 0.126. The minimum Gasteiger partial charge on any atom is -0.760 e. The lowest BCUT2D eigenvalue weighted by molar-refractivity contribution is 0.0980. The van der Waals surface area contributed by atoms with Crippen molar-refractivity contribution in [3.63, 3.8) is 0 Å². The van der Waals surface area contributed by atoms with Crippen LogP contribution in [0.25, 0.3) is 0 Å². The van der Waals surface area contributed by atoms with Crippen LogP contribution in [0.2, 0.25) is 0 Å². The minimum atomic E-state index is -3.60. The first-order valence-electron chi connectivity index (χ1n) is 13.1. The summed E-state index contributed by atoms with van der Waals surface area (Å²) in [5.74, 6) is -0.855. The van der Waals surface area contributed by atoms with Gasteiger partial charge in [0.2, 0.25) is 10.0 Å². The highest BCUT2D eigenvalue weighted by atomic mass is 32.2. The molecule has 228 valence electrons. The van der Waals surface area contributed by atoms with Crippen molar-refractivity contribution in [3.8, 4) is 0 Å². The molecule has 14 heteroatoms. The molecule has 3 atom stereocenters. The second-order valence-electron chi connectivity index (χ2n) is 9.74.